The summed E-state index contributed by atoms with van der Waals surface area (Å²) in [5.41, 5.74) is 6.30. The van der Waals surface area contributed by atoms with E-state index >= 15 is 0 Å². The Morgan fingerprint density at radius 2 is 2.50 bits per heavy atom. The van der Waals surface area contributed by atoms with E-state index in [1.54, 1.807) is 6.07 Å². The van der Waals surface area contributed by atoms with Gasteiger partial charge in [0.1, 0.15) is 0 Å². The van der Waals surface area contributed by atoms with Crippen molar-refractivity contribution in [3.8, 4) is 5.95 Å². The molecule has 3 heteroatoms. The van der Waals surface area contributed by atoms with Gasteiger partial charge in [-0.1, -0.05) is 6.92 Å². The van der Waals surface area contributed by atoms with Crippen LogP contribution in [0.1, 0.15) is 24.9 Å². The van der Waals surface area contributed by atoms with Crippen LogP contribution in [0.3, 0.4) is 0 Å². The lowest BCUT2D eigenvalue weighted by atomic mass is 10.1. The Hall–Kier alpha value is -0.960. The van der Waals surface area contributed by atoms with Crippen LogP contribution in [0, 0.1) is 0 Å². The van der Waals surface area contributed by atoms with E-state index < -0.39 is 0 Å². The number of furan rings is 1. The molecule has 0 aromatic carbocycles. The second kappa shape index (κ2) is 2.75. The molecule has 1 rings (SSSR count). The Morgan fingerprint density at radius 3 is 2.90 bits per heavy atom. The van der Waals surface area contributed by atoms with Crippen molar-refractivity contribution in [2.45, 2.75) is 19.4 Å². The predicted octanol–water partition coefficient (Wildman–Crippen LogP) is 1.40. The summed E-state index contributed by atoms with van der Waals surface area (Å²) in [6.45, 7) is 1.96. The van der Waals surface area contributed by atoms with Gasteiger partial charge in [-0.05, 0) is 12.5 Å². The van der Waals surface area contributed by atoms with Crippen LogP contribution in [0.15, 0.2) is 16.7 Å². The Labute approximate surface area is 59.5 Å². The van der Waals surface area contributed by atoms with Crippen LogP contribution in [-0.2, 0) is 0 Å². The Bertz CT molecular complexity index is 207. The van der Waals surface area contributed by atoms with E-state index in [-0.39, 0.29) is 12.0 Å². The van der Waals surface area contributed by atoms with Crippen molar-refractivity contribution >= 4 is 0 Å². The largest absolute Gasteiger partial charge is 0.480 e. The molecule has 1 aromatic rings. The molecule has 0 amide bonds. The zero-order valence-corrected chi connectivity index (χ0v) is 5.87. The van der Waals surface area contributed by atoms with Gasteiger partial charge in [0, 0.05) is 6.04 Å². The van der Waals surface area contributed by atoms with Gasteiger partial charge in [0.2, 0.25) is 0 Å². The fraction of sp³-hybridized carbons (Fsp3) is 0.429. The highest BCUT2D eigenvalue weighted by atomic mass is 16.5. The van der Waals surface area contributed by atoms with E-state index in [2.05, 4.69) is 4.42 Å². The Balaban J connectivity index is 2.82. The number of nitrogens with two attached hydrogens (primary N) is 1. The van der Waals surface area contributed by atoms with Crippen LogP contribution in [-0.4, -0.2) is 5.11 Å². The molecule has 3 nitrogen and oxygen atoms in total. The van der Waals surface area contributed by atoms with E-state index in [0.717, 1.165) is 6.42 Å². The third kappa shape index (κ3) is 1.14. The molecule has 0 radical (unpaired) electrons. The molecule has 0 saturated carbocycles. The third-order valence-electron chi connectivity index (χ3n) is 1.51. The number of rotatable bonds is 2. The molecule has 0 spiro atoms. The fourth-order valence-electron chi connectivity index (χ4n) is 0.813. The van der Waals surface area contributed by atoms with Crippen LogP contribution in [0.25, 0.3) is 0 Å². The SMILES string of the molecule is CCC(N)c1ccoc1O. The molecule has 3 N–H and O–H groups in total. The van der Waals surface area contributed by atoms with Crippen molar-refractivity contribution in [2.24, 2.45) is 5.73 Å². The van der Waals surface area contributed by atoms with E-state index in [1.807, 2.05) is 6.92 Å². The van der Waals surface area contributed by atoms with Crippen LogP contribution < -0.4 is 5.73 Å². The first kappa shape index (κ1) is 7.15. The van der Waals surface area contributed by atoms with Gasteiger partial charge in [0.05, 0.1) is 11.8 Å². The first-order valence-corrected chi connectivity index (χ1v) is 3.27. The van der Waals surface area contributed by atoms with Gasteiger partial charge in [0.15, 0.2) is 0 Å². The summed E-state index contributed by atoms with van der Waals surface area (Å²) in [6.07, 6.45) is 2.23. The zero-order valence-electron chi connectivity index (χ0n) is 5.87. The summed E-state index contributed by atoms with van der Waals surface area (Å²) in [6, 6.07) is 1.57. The molecule has 0 bridgehead atoms. The maximum absolute atomic E-state index is 9.01. The quantitative estimate of drug-likeness (QED) is 0.654. The summed E-state index contributed by atoms with van der Waals surface area (Å²) in [4.78, 5) is 0. The van der Waals surface area contributed by atoms with Gasteiger partial charge < -0.3 is 15.3 Å². The van der Waals surface area contributed by atoms with Crippen molar-refractivity contribution < 1.29 is 9.52 Å². The first-order chi connectivity index (χ1) is 4.75. The molecule has 0 aliphatic heterocycles. The second-order valence-electron chi connectivity index (χ2n) is 2.20. The number of hydrogen-bond acceptors (Lipinski definition) is 3. The highest BCUT2D eigenvalue weighted by Crippen LogP contribution is 2.24. The van der Waals surface area contributed by atoms with Crippen molar-refractivity contribution in [1.82, 2.24) is 0 Å². The molecule has 0 aliphatic carbocycles. The normalized spacial score (nSPS) is 13.4. The molecule has 1 aromatic heterocycles. The average molecular weight is 141 g/mol. The standard InChI is InChI=1S/C7H11NO2/c1-2-6(8)5-3-4-10-7(5)9/h3-4,6,9H,2,8H2,1H3. The molecular weight excluding hydrogens is 130 g/mol. The van der Waals surface area contributed by atoms with Crippen LogP contribution in [0.5, 0.6) is 5.95 Å². The van der Waals surface area contributed by atoms with Crippen LogP contribution in [0.4, 0.5) is 0 Å². The summed E-state index contributed by atoms with van der Waals surface area (Å²) < 4.78 is 4.66. The van der Waals surface area contributed by atoms with Gasteiger partial charge >= 0.3 is 0 Å². The summed E-state index contributed by atoms with van der Waals surface area (Å²) in [5.74, 6) is -0.0608. The van der Waals surface area contributed by atoms with Crippen LogP contribution in [0.2, 0.25) is 0 Å². The van der Waals surface area contributed by atoms with Crippen LogP contribution >= 0.6 is 0 Å². The predicted molar refractivity (Wildman–Crippen MR) is 37.6 cm³/mol. The number of aromatic hydroxyl groups is 1. The van der Waals surface area contributed by atoms with Crippen molar-refractivity contribution in [3.63, 3.8) is 0 Å². The minimum absolute atomic E-state index is 0.0608. The second-order valence-corrected chi connectivity index (χ2v) is 2.20. The molecular formula is C7H11NO2. The lowest BCUT2D eigenvalue weighted by Crippen LogP contribution is -2.07. The average Bonchev–Trinajstić information content (AvgIpc) is 2.34. The summed E-state index contributed by atoms with van der Waals surface area (Å²) >= 11 is 0. The molecule has 0 aliphatic rings. The van der Waals surface area contributed by atoms with Gasteiger partial charge in [0.25, 0.3) is 5.95 Å². The number of hydrogen-bond donors (Lipinski definition) is 2. The first-order valence-electron chi connectivity index (χ1n) is 3.27. The molecule has 1 heterocycles. The van der Waals surface area contributed by atoms with E-state index in [0.29, 0.717) is 5.56 Å². The summed E-state index contributed by atoms with van der Waals surface area (Å²) in [7, 11) is 0. The lowest BCUT2D eigenvalue weighted by Gasteiger charge is -2.03. The minimum atomic E-state index is -0.112. The minimum Gasteiger partial charge on any atom is -0.480 e. The molecule has 10 heavy (non-hydrogen) atoms. The maximum atomic E-state index is 9.01. The van der Waals surface area contributed by atoms with E-state index in [9.17, 15) is 0 Å². The third-order valence-corrected chi connectivity index (χ3v) is 1.51. The van der Waals surface area contributed by atoms with E-state index in [4.69, 9.17) is 10.8 Å². The van der Waals surface area contributed by atoms with E-state index in [1.165, 1.54) is 6.26 Å². The lowest BCUT2D eigenvalue weighted by molar-refractivity contribution is 0.324. The molecule has 0 fully saturated rings. The molecule has 1 unspecified atom stereocenters. The monoisotopic (exact) mass is 141 g/mol. The van der Waals surface area contributed by atoms with Gasteiger partial charge in [-0.3, -0.25) is 0 Å². The Morgan fingerprint density at radius 1 is 1.80 bits per heavy atom. The fourth-order valence-corrected chi connectivity index (χ4v) is 0.813. The zero-order chi connectivity index (χ0) is 7.56. The molecule has 56 valence electrons. The highest BCUT2D eigenvalue weighted by Gasteiger charge is 2.10. The maximum Gasteiger partial charge on any atom is 0.286 e. The van der Waals surface area contributed by atoms with Gasteiger partial charge in [-0.15, -0.1) is 0 Å². The smallest absolute Gasteiger partial charge is 0.286 e. The molecule has 1 atom stereocenters. The Kier molecular flexibility index (Phi) is 1.97. The van der Waals surface area contributed by atoms with Gasteiger partial charge in [-0.2, -0.15) is 0 Å². The summed E-state index contributed by atoms with van der Waals surface area (Å²) in [5, 5.41) is 9.01. The topological polar surface area (TPSA) is 59.4 Å². The van der Waals surface area contributed by atoms with Crippen molar-refractivity contribution in [3.05, 3.63) is 17.9 Å². The highest BCUT2D eigenvalue weighted by molar-refractivity contribution is 5.24. The van der Waals surface area contributed by atoms with Crippen molar-refractivity contribution in [1.29, 1.82) is 0 Å². The molecule has 0 saturated heterocycles. The van der Waals surface area contributed by atoms with Gasteiger partial charge in [-0.25, -0.2) is 0 Å². The van der Waals surface area contributed by atoms with Crippen molar-refractivity contribution in [2.75, 3.05) is 0 Å².